The molecule has 1 atom stereocenters. The molecule has 21 heavy (non-hydrogen) atoms. The quantitative estimate of drug-likeness (QED) is 0.600. The maximum Gasteiger partial charge on any atom is 0.372 e. The third-order valence-electron chi connectivity index (χ3n) is 2.90. The summed E-state index contributed by atoms with van der Waals surface area (Å²) >= 11 is 0. The van der Waals surface area contributed by atoms with Gasteiger partial charge >= 0.3 is 11.7 Å². The SMILES string of the molecule is COc1ncnc(NC(CC(=O)O)C(C)(C)C)c1[N+](=O)[O-]. The van der Waals surface area contributed by atoms with E-state index in [1.54, 1.807) is 0 Å². The van der Waals surface area contributed by atoms with Crippen LogP contribution >= 0.6 is 0 Å². The van der Waals surface area contributed by atoms with Crippen molar-refractivity contribution in [3.05, 3.63) is 16.4 Å². The first kappa shape index (κ1) is 16.6. The lowest BCUT2D eigenvalue weighted by Gasteiger charge is -2.30. The zero-order valence-corrected chi connectivity index (χ0v) is 12.3. The average molecular weight is 298 g/mol. The maximum absolute atomic E-state index is 11.1. The second-order valence-electron chi connectivity index (χ2n) is 5.50. The van der Waals surface area contributed by atoms with Crippen LogP contribution < -0.4 is 10.1 Å². The fraction of sp³-hybridized carbons (Fsp3) is 0.583. The maximum atomic E-state index is 11.1. The number of nitrogens with one attached hydrogen (secondary N) is 1. The fourth-order valence-electron chi connectivity index (χ4n) is 1.70. The number of nitrogens with zero attached hydrogens (tertiary/aromatic N) is 3. The van der Waals surface area contributed by atoms with Gasteiger partial charge in [0.1, 0.15) is 6.33 Å². The molecular formula is C12H18N4O5. The Kier molecular flexibility index (Phi) is 5.01. The number of ether oxygens (including phenoxy) is 1. The number of anilines is 1. The van der Waals surface area contributed by atoms with Gasteiger partial charge in [0.2, 0.25) is 5.82 Å². The first-order valence-electron chi connectivity index (χ1n) is 6.18. The number of aliphatic carboxylic acids is 1. The van der Waals surface area contributed by atoms with Gasteiger partial charge in [-0.3, -0.25) is 14.9 Å². The van der Waals surface area contributed by atoms with E-state index in [1.807, 2.05) is 20.8 Å². The highest BCUT2D eigenvalue weighted by molar-refractivity contribution is 5.69. The smallest absolute Gasteiger partial charge is 0.372 e. The minimum absolute atomic E-state index is 0.0620. The zero-order valence-electron chi connectivity index (χ0n) is 12.3. The molecule has 1 heterocycles. The Morgan fingerprint density at radius 2 is 2.14 bits per heavy atom. The van der Waals surface area contributed by atoms with E-state index < -0.39 is 28.0 Å². The molecule has 0 saturated carbocycles. The molecule has 9 nitrogen and oxygen atoms in total. The number of rotatable bonds is 6. The van der Waals surface area contributed by atoms with Crippen molar-refractivity contribution in [3.63, 3.8) is 0 Å². The molecule has 0 aromatic carbocycles. The lowest BCUT2D eigenvalue weighted by molar-refractivity contribution is -0.385. The molecule has 116 valence electrons. The molecule has 1 aromatic rings. The molecule has 9 heteroatoms. The van der Waals surface area contributed by atoms with Crippen LogP contribution in [0.5, 0.6) is 5.88 Å². The summed E-state index contributed by atoms with van der Waals surface area (Å²) in [6.07, 6.45) is 0.918. The van der Waals surface area contributed by atoms with Crippen molar-refractivity contribution in [2.24, 2.45) is 5.41 Å². The number of carboxylic acids is 1. The van der Waals surface area contributed by atoms with Crippen LogP contribution in [0.4, 0.5) is 11.5 Å². The molecule has 0 spiro atoms. The lowest BCUT2D eigenvalue weighted by Crippen LogP contribution is -2.36. The molecule has 0 aliphatic heterocycles. The predicted molar refractivity (Wildman–Crippen MR) is 74.4 cm³/mol. The van der Waals surface area contributed by atoms with E-state index in [0.717, 1.165) is 6.33 Å². The van der Waals surface area contributed by atoms with Gasteiger partial charge in [0.15, 0.2) is 0 Å². The van der Waals surface area contributed by atoms with E-state index in [1.165, 1.54) is 7.11 Å². The summed E-state index contributed by atoms with van der Waals surface area (Å²) in [6, 6.07) is -0.548. The second-order valence-corrected chi connectivity index (χ2v) is 5.50. The van der Waals surface area contributed by atoms with Crippen LogP contribution in [0, 0.1) is 15.5 Å². The van der Waals surface area contributed by atoms with E-state index in [0.29, 0.717) is 0 Å². The summed E-state index contributed by atoms with van der Waals surface area (Å²) in [5.41, 5.74) is -0.857. The molecule has 1 unspecified atom stereocenters. The van der Waals surface area contributed by atoms with Gasteiger partial charge < -0.3 is 15.2 Å². The van der Waals surface area contributed by atoms with Gasteiger partial charge in [-0.2, -0.15) is 4.98 Å². The minimum atomic E-state index is -1.01. The van der Waals surface area contributed by atoms with Crippen molar-refractivity contribution < 1.29 is 19.6 Å². The van der Waals surface area contributed by atoms with Gasteiger partial charge in [-0.25, -0.2) is 4.98 Å². The van der Waals surface area contributed by atoms with E-state index in [-0.39, 0.29) is 18.1 Å². The van der Waals surface area contributed by atoms with Gasteiger partial charge in [0.05, 0.1) is 18.5 Å². The van der Waals surface area contributed by atoms with Crippen LogP contribution in [0.1, 0.15) is 27.2 Å². The second kappa shape index (κ2) is 6.33. The van der Waals surface area contributed by atoms with Crippen LogP contribution in [0.3, 0.4) is 0 Å². The number of methoxy groups -OCH3 is 1. The van der Waals surface area contributed by atoms with Crippen LogP contribution in [-0.4, -0.2) is 39.1 Å². The number of hydrogen-bond acceptors (Lipinski definition) is 7. The van der Waals surface area contributed by atoms with Gasteiger partial charge in [0.25, 0.3) is 5.88 Å². The number of carboxylic acid groups (broad SMARTS) is 1. The molecule has 0 fully saturated rings. The van der Waals surface area contributed by atoms with Crippen LogP contribution in [0.2, 0.25) is 0 Å². The molecule has 1 aromatic heterocycles. The standard InChI is InChI=1S/C12H18N4O5/c1-12(2,3)7(5-8(17)18)15-10-9(16(19)20)11(21-4)14-6-13-10/h6-7H,5H2,1-4H3,(H,17,18)(H,13,14,15). The van der Waals surface area contributed by atoms with E-state index in [9.17, 15) is 14.9 Å². The van der Waals surface area contributed by atoms with Gasteiger partial charge in [0, 0.05) is 6.04 Å². The highest BCUT2D eigenvalue weighted by atomic mass is 16.6. The summed E-state index contributed by atoms with van der Waals surface area (Å²) in [6.45, 7) is 5.49. The molecule has 1 rings (SSSR count). The molecular weight excluding hydrogens is 280 g/mol. The van der Waals surface area contributed by atoms with Crippen molar-refractivity contribution in [2.75, 3.05) is 12.4 Å². The zero-order chi connectivity index (χ0) is 16.2. The van der Waals surface area contributed by atoms with Gasteiger partial charge in [-0.15, -0.1) is 0 Å². The topological polar surface area (TPSA) is 127 Å². The Morgan fingerprint density at radius 1 is 1.52 bits per heavy atom. The van der Waals surface area contributed by atoms with Crippen molar-refractivity contribution >= 4 is 17.5 Å². The van der Waals surface area contributed by atoms with Crippen LogP contribution in [0.15, 0.2) is 6.33 Å². The molecule has 0 aliphatic rings. The Morgan fingerprint density at radius 3 is 2.57 bits per heavy atom. The number of aromatic nitrogens is 2. The number of hydrogen-bond donors (Lipinski definition) is 2. The normalized spacial score (nSPS) is 12.6. The van der Waals surface area contributed by atoms with Crippen LogP contribution in [0.25, 0.3) is 0 Å². The van der Waals surface area contributed by atoms with Crippen molar-refractivity contribution in [1.82, 2.24) is 9.97 Å². The van der Waals surface area contributed by atoms with Crippen molar-refractivity contribution in [1.29, 1.82) is 0 Å². The summed E-state index contributed by atoms with van der Waals surface area (Å²) in [4.78, 5) is 28.9. The predicted octanol–water partition coefficient (Wildman–Crippen LogP) is 1.69. The minimum Gasteiger partial charge on any atom is -0.481 e. The van der Waals surface area contributed by atoms with E-state index >= 15 is 0 Å². The van der Waals surface area contributed by atoms with E-state index in [2.05, 4.69) is 15.3 Å². The third-order valence-corrected chi connectivity index (χ3v) is 2.90. The summed E-state index contributed by atoms with van der Waals surface area (Å²) in [5.74, 6) is -1.25. The number of carbonyl (C=O) groups is 1. The highest BCUT2D eigenvalue weighted by Crippen LogP contribution is 2.33. The Balaban J connectivity index is 3.20. The largest absolute Gasteiger partial charge is 0.481 e. The Labute approximate surface area is 121 Å². The lowest BCUT2D eigenvalue weighted by atomic mass is 9.84. The Bertz CT molecular complexity index is 541. The summed E-state index contributed by atoms with van der Waals surface area (Å²) in [7, 11) is 1.26. The average Bonchev–Trinajstić information content (AvgIpc) is 2.35. The summed E-state index contributed by atoms with van der Waals surface area (Å²) in [5, 5.41) is 22.9. The molecule has 0 bridgehead atoms. The monoisotopic (exact) mass is 298 g/mol. The molecule has 0 saturated heterocycles. The van der Waals surface area contributed by atoms with Gasteiger partial charge in [-0.1, -0.05) is 20.8 Å². The highest BCUT2D eigenvalue weighted by Gasteiger charge is 2.31. The first-order chi connectivity index (χ1) is 9.66. The molecule has 0 radical (unpaired) electrons. The van der Waals surface area contributed by atoms with Crippen molar-refractivity contribution in [3.8, 4) is 5.88 Å². The first-order valence-corrected chi connectivity index (χ1v) is 6.18. The fourth-order valence-corrected chi connectivity index (χ4v) is 1.70. The molecule has 0 aliphatic carbocycles. The van der Waals surface area contributed by atoms with E-state index in [4.69, 9.17) is 9.84 Å². The molecule has 0 amide bonds. The Hall–Kier alpha value is -2.45. The molecule has 2 N–H and O–H groups in total. The van der Waals surface area contributed by atoms with Gasteiger partial charge in [-0.05, 0) is 5.41 Å². The summed E-state index contributed by atoms with van der Waals surface area (Å²) < 4.78 is 4.85. The third kappa shape index (κ3) is 4.26. The number of nitro groups is 1. The van der Waals surface area contributed by atoms with Crippen LogP contribution in [-0.2, 0) is 4.79 Å². The van der Waals surface area contributed by atoms with Crippen molar-refractivity contribution in [2.45, 2.75) is 33.2 Å².